The van der Waals surface area contributed by atoms with Crippen LogP contribution in [0.3, 0.4) is 0 Å². The van der Waals surface area contributed by atoms with E-state index in [1.54, 1.807) is 0 Å². The molecule has 1 spiro atoms. The number of nitrogens with one attached hydrogen (secondary N) is 1. The minimum absolute atomic E-state index is 0.0620. The van der Waals surface area contributed by atoms with Crippen LogP contribution in [0.25, 0.3) is 0 Å². The Balaban J connectivity index is 1.71. The van der Waals surface area contributed by atoms with E-state index in [0.717, 1.165) is 51.9 Å². The van der Waals surface area contributed by atoms with E-state index in [2.05, 4.69) is 17.1 Å². The summed E-state index contributed by atoms with van der Waals surface area (Å²) in [5.41, 5.74) is -0.0620. The topological polar surface area (TPSA) is 41.6 Å². The van der Waals surface area contributed by atoms with Crippen LogP contribution in [0.15, 0.2) is 0 Å². The van der Waals surface area contributed by atoms with Crippen LogP contribution in [0.1, 0.15) is 32.6 Å². The number of carbonyl (C=O) groups is 1. The monoisotopic (exact) mass is 238 g/mol. The zero-order chi connectivity index (χ0) is 11.9. The SMILES string of the molecule is CC1CN(C(=O)C2CC2)CC2(CCNCC2)O1. The molecule has 1 N–H and O–H groups in total. The van der Waals surface area contributed by atoms with Gasteiger partial charge < -0.3 is 15.0 Å². The van der Waals surface area contributed by atoms with Gasteiger partial charge in [-0.2, -0.15) is 0 Å². The highest BCUT2D eigenvalue weighted by molar-refractivity contribution is 5.81. The van der Waals surface area contributed by atoms with Crippen molar-refractivity contribution in [3.05, 3.63) is 0 Å². The Morgan fingerprint density at radius 3 is 2.71 bits per heavy atom. The minimum atomic E-state index is -0.0620. The van der Waals surface area contributed by atoms with Crippen molar-refractivity contribution in [1.82, 2.24) is 10.2 Å². The summed E-state index contributed by atoms with van der Waals surface area (Å²) in [5.74, 6) is 0.706. The van der Waals surface area contributed by atoms with Gasteiger partial charge in [0.2, 0.25) is 5.91 Å². The second-order valence-corrected chi connectivity index (χ2v) is 5.85. The van der Waals surface area contributed by atoms with E-state index in [-0.39, 0.29) is 11.7 Å². The third-order valence-electron chi connectivity index (χ3n) is 4.16. The summed E-state index contributed by atoms with van der Waals surface area (Å²) in [4.78, 5) is 14.3. The van der Waals surface area contributed by atoms with Gasteiger partial charge in [0.25, 0.3) is 0 Å². The molecule has 3 aliphatic rings. The van der Waals surface area contributed by atoms with Crippen LogP contribution >= 0.6 is 0 Å². The van der Waals surface area contributed by atoms with Crippen LogP contribution in [-0.2, 0) is 9.53 Å². The maximum Gasteiger partial charge on any atom is 0.225 e. The maximum absolute atomic E-state index is 12.2. The molecule has 0 radical (unpaired) electrons. The van der Waals surface area contributed by atoms with E-state index in [0.29, 0.717) is 11.8 Å². The molecular weight excluding hydrogens is 216 g/mol. The highest BCUT2D eigenvalue weighted by Crippen LogP contribution is 2.35. The van der Waals surface area contributed by atoms with E-state index in [9.17, 15) is 4.79 Å². The highest BCUT2D eigenvalue weighted by atomic mass is 16.5. The second kappa shape index (κ2) is 4.25. The summed E-state index contributed by atoms with van der Waals surface area (Å²) in [6.07, 6.45) is 4.44. The molecule has 1 aliphatic carbocycles. The third-order valence-corrected chi connectivity index (χ3v) is 4.16. The van der Waals surface area contributed by atoms with Crippen LogP contribution < -0.4 is 5.32 Å². The first kappa shape index (κ1) is 11.5. The third kappa shape index (κ3) is 2.33. The number of piperidine rings is 1. The first-order chi connectivity index (χ1) is 8.19. The normalized spacial score (nSPS) is 32.8. The van der Waals surface area contributed by atoms with Crippen molar-refractivity contribution in [2.75, 3.05) is 26.2 Å². The fourth-order valence-corrected chi connectivity index (χ4v) is 3.14. The number of hydrogen-bond acceptors (Lipinski definition) is 3. The molecule has 4 heteroatoms. The lowest BCUT2D eigenvalue weighted by atomic mass is 9.89. The van der Waals surface area contributed by atoms with Gasteiger partial charge in [0.1, 0.15) is 0 Å². The fourth-order valence-electron chi connectivity index (χ4n) is 3.14. The van der Waals surface area contributed by atoms with Crippen molar-refractivity contribution in [2.45, 2.75) is 44.3 Å². The average Bonchev–Trinajstić information content (AvgIpc) is 3.11. The number of nitrogens with zero attached hydrogens (tertiary/aromatic N) is 1. The van der Waals surface area contributed by atoms with Gasteiger partial charge in [-0.3, -0.25) is 4.79 Å². The first-order valence-corrected chi connectivity index (χ1v) is 6.86. The molecule has 0 bridgehead atoms. The Kier molecular flexibility index (Phi) is 2.87. The Hall–Kier alpha value is -0.610. The van der Waals surface area contributed by atoms with Gasteiger partial charge in [-0.15, -0.1) is 0 Å². The standard InChI is InChI=1S/C13H22N2O2/c1-10-8-15(12(16)11-2-3-11)9-13(17-10)4-6-14-7-5-13/h10-11,14H,2-9H2,1H3. The molecule has 96 valence electrons. The van der Waals surface area contributed by atoms with Crippen LogP contribution in [0, 0.1) is 5.92 Å². The van der Waals surface area contributed by atoms with Crippen LogP contribution in [0.4, 0.5) is 0 Å². The number of morpholine rings is 1. The minimum Gasteiger partial charge on any atom is -0.368 e. The molecule has 1 unspecified atom stereocenters. The Morgan fingerprint density at radius 1 is 1.35 bits per heavy atom. The molecule has 1 amide bonds. The first-order valence-electron chi connectivity index (χ1n) is 6.86. The number of carbonyl (C=O) groups excluding carboxylic acids is 1. The molecular formula is C13H22N2O2. The molecule has 1 saturated carbocycles. The van der Waals surface area contributed by atoms with Gasteiger partial charge >= 0.3 is 0 Å². The van der Waals surface area contributed by atoms with Gasteiger partial charge in [0.15, 0.2) is 0 Å². The van der Waals surface area contributed by atoms with Crippen LogP contribution in [-0.4, -0.2) is 48.7 Å². The summed E-state index contributed by atoms with van der Waals surface area (Å²) in [6, 6.07) is 0. The van der Waals surface area contributed by atoms with E-state index >= 15 is 0 Å². The summed E-state index contributed by atoms with van der Waals surface area (Å²) in [5, 5.41) is 3.37. The van der Waals surface area contributed by atoms with Crippen LogP contribution in [0.2, 0.25) is 0 Å². The number of hydrogen-bond donors (Lipinski definition) is 1. The molecule has 0 aromatic rings. The van der Waals surface area contributed by atoms with E-state index in [4.69, 9.17) is 4.74 Å². The lowest BCUT2D eigenvalue weighted by Gasteiger charge is -2.47. The molecule has 0 aromatic carbocycles. The zero-order valence-electron chi connectivity index (χ0n) is 10.6. The van der Waals surface area contributed by atoms with Crippen molar-refractivity contribution in [2.24, 2.45) is 5.92 Å². The molecule has 4 nitrogen and oxygen atoms in total. The molecule has 2 heterocycles. The Bertz CT molecular complexity index is 309. The Morgan fingerprint density at radius 2 is 2.06 bits per heavy atom. The van der Waals surface area contributed by atoms with E-state index < -0.39 is 0 Å². The number of rotatable bonds is 1. The fraction of sp³-hybridized carbons (Fsp3) is 0.923. The van der Waals surface area contributed by atoms with E-state index in [1.165, 1.54) is 0 Å². The van der Waals surface area contributed by atoms with Crippen molar-refractivity contribution in [1.29, 1.82) is 0 Å². The van der Waals surface area contributed by atoms with E-state index in [1.807, 2.05) is 0 Å². The summed E-state index contributed by atoms with van der Waals surface area (Å²) >= 11 is 0. The van der Waals surface area contributed by atoms with Gasteiger partial charge in [0.05, 0.1) is 11.7 Å². The molecule has 3 fully saturated rings. The summed E-state index contributed by atoms with van der Waals surface area (Å²) < 4.78 is 6.16. The number of ether oxygens (including phenoxy) is 1. The number of amides is 1. The smallest absolute Gasteiger partial charge is 0.225 e. The molecule has 2 aliphatic heterocycles. The van der Waals surface area contributed by atoms with Crippen molar-refractivity contribution in [3.8, 4) is 0 Å². The summed E-state index contributed by atoms with van der Waals surface area (Å²) in [6.45, 7) is 5.71. The molecule has 0 aromatic heterocycles. The Labute approximate surface area is 103 Å². The summed E-state index contributed by atoms with van der Waals surface area (Å²) in [7, 11) is 0. The van der Waals surface area contributed by atoms with Crippen molar-refractivity contribution in [3.63, 3.8) is 0 Å². The van der Waals surface area contributed by atoms with Crippen molar-refractivity contribution < 1.29 is 9.53 Å². The predicted octanol–water partition coefficient (Wildman–Crippen LogP) is 0.766. The van der Waals surface area contributed by atoms with Gasteiger partial charge in [-0.1, -0.05) is 0 Å². The maximum atomic E-state index is 12.2. The lowest BCUT2D eigenvalue weighted by Crippen LogP contribution is -2.60. The largest absolute Gasteiger partial charge is 0.368 e. The van der Waals surface area contributed by atoms with Gasteiger partial charge in [0, 0.05) is 19.0 Å². The molecule has 17 heavy (non-hydrogen) atoms. The predicted molar refractivity (Wildman–Crippen MR) is 64.7 cm³/mol. The van der Waals surface area contributed by atoms with Gasteiger partial charge in [-0.05, 0) is 45.7 Å². The lowest BCUT2D eigenvalue weighted by molar-refractivity contribution is -0.174. The second-order valence-electron chi connectivity index (χ2n) is 5.85. The molecule has 1 atom stereocenters. The average molecular weight is 238 g/mol. The molecule has 2 saturated heterocycles. The highest BCUT2D eigenvalue weighted by Gasteiger charge is 2.44. The van der Waals surface area contributed by atoms with Crippen molar-refractivity contribution >= 4 is 5.91 Å². The molecule has 3 rings (SSSR count). The van der Waals surface area contributed by atoms with Gasteiger partial charge in [-0.25, -0.2) is 0 Å². The van der Waals surface area contributed by atoms with Crippen LogP contribution in [0.5, 0.6) is 0 Å². The quantitative estimate of drug-likeness (QED) is 0.733. The zero-order valence-corrected chi connectivity index (χ0v) is 10.6.